The second-order valence-corrected chi connectivity index (χ2v) is 5.53. The molecule has 0 atom stereocenters. The lowest BCUT2D eigenvalue weighted by atomic mass is 10.1. The quantitative estimate of drug-likeness (QED) is 0.808. The van der Waals surface area contributed by atoms with Crippen molar-refractivity contribution in [3.05, 3.63) is 24.3 Å². The Hall–Kier alpha value is -2.44. The van der Waals surface area contributed by atoms with Crippen LogP contribution < -0.4 is 11.1 Å². The first-order chi connectivity index (χ1) is 9.35. The normalized spacial score (nSPS) is 11.3. The molecule has 2 rings (SSSR count). The van der Waals surface area contributed by atoms with Crippen molar-refractivity contribution in [3.63, 3.8) is 0 Å². The molecule has 106 valence electrons. The van der Waals surface area contributed by atoms with E-state index in [0.29, 0.717) is 17.1 Å². The van der Waals surface area contributed by atoms with Gasteiger partial charge in [0.05, 0.1) is 0 Å². The predicted octanol–water partition coefficient (Wildman–Crippen LogP) is 0.837. The molecule has 0 aliphatic heterocycles. The third-order valence-corrected chi connectivity index (χ3v) is 2.45. The number of anilines is 1. The zero-order valence-corrected chi connectivity index (χ0v) is 11.8. The molecule has 0 bridgehead atoms. The summed E-state index contributed by atoms with van der Waals surface area (Å²) in [6.45, 7) is 5.76. The third kappa shape index (κ3) is 3.53. The molecule has 20 heavy (non-hydrogen) atoms. The summed E-state index contributed by atoms with van der Waals surface area (Å²) >= 11 is 0. The summed E-state index contributed by atoms with van der Waals surface area (Å²) in [5.41, 5.74) is 6.84. The molecular formula is C13H18N6O. The topological polar surface area (TPSA) is 98.7 Å². The largest absolute Gasteiger partial charge is 0.398 e. The van der Waals surface area contributed by atoms with Crippen molar-refractivity contribution in [1.82, 2.24) is 25.5 Å². The van der Waals surface area contributed by atoms with E-state index in [1.807, 2.05) is 39.0 Å². The van der Waals surface area contributed by atoms with E-state index in [4.69, 9.17) is 5.73 Å². The second kappa shape index (κ2) is 5.28. The van der Waals surface area contributed by atoms with Crippen molar-refractivity contribution in [2.45, 2.75) is 32.9 Å². The molecule has 0 fully saturated rings. The summed E-state index contributed by atoms with van der Waals surface area (Å²) < 4.78 is 0. The Morgan fingerprint density at radius 3 is 2.70 bits per heavy atom. The minimum absolute atomic E-state index is 0.0248. The van der Waals surface area contributed by atoms with Gasteiger partial charge in [0.2, 0.25) is 11.7 Å². The predicted molar refractivity (Wildman–Crippen MR) is 75.6 cm³/mol. The summed E-state index contributed by atoms with van der Waals surface area (Å²) in [6, 6.07) is 7.26. The first-order valence-corrected chi connectivity index (χ1v) is 6.29. The summed E-state index contributed by atoms with van der Waals surface area (Å²) in [6.07, 6.45) is 0. The molecule has 0 aliphatic carbocycles. The van der Waals surface area contributed by atoms with Crippen LogP contribution in [-0.2, 0) is 11.3 Å². The highest BCUT2D eigenvalue weighted by Gasteiger charge is 2.16. The number of nitrogens with two attached hydrogens (primary N) is 1. The van der Waals surface area contributed by atoms with Gasteiger partial charge in [-0.2, -0.15) is 4.80 Å². The molecule has 1 aromatic heterocycles. The molecule has 1 amide bonds. The van der Waals surface area contributed by atoms with Crippen LogP contribution >= 0.6 is 0 Å². The van der Waals surface area contributed by atoms with Gasteiger partial charge in [-0.3, -0.25) is 4.79 Å². The van der Waals surface area contributed by atoms with Gasteiger partial charge in [-0.1, -0.05) is 12.1 Å². The number of carbonyl (C=O) groups excluding carboxylic acids is 1. The van der Waals surface area contributed by atoms with Crippen molar-refractivity contribution >= 4 is 11.6 Å². The first kappa shape index (κ1) is 14.0. The Bertz CT molecular complexity index is 613. The van der Waals surface area contributed by atoms with Crippen LogP contribution in [0.2, 0.25) is 0 Å². The zero-order chi connectivity index (χ0) is 14.8. The second-order valence-electron chi connectivity index (χ2n) is 5.53. The standard InChI is InChI=1S/C13H18N6O/c1-13(2,3)15-11(20)8-19-17-12(16-18-19)9-6-4-5-7-10(9)14/h4-7H,8,14H2,1-3H3,(H,15,20). The van der Waals surface area contributed by atoms with Crippen molar-refractivity contribution in [2.24, 2.45) is 0 Å². The molecular weight excluding hydrogens is 256 g/mol. The number of hydrogen-bond donors (Lipinski definition) is 2. The Labute approximate surface area is 117 Å². The van der Waals surface area contributed by atoms with Gasteiger partial charge in [0.15, 0.2) is 0 Å². The van der Waals surface area contributed by atoms with E-state index in [0.717, 1.165) is 0 Å². The van der Waals surface area contributed by atoms with E-state index >= 15 is 0 Å². The van der Waals surface area contributed by atoms with E-state index in [2.05, 4.69) is 20.7 Å². The highest BCUT2D eigenvalue weighted by molar-refractivity contribution is 5.76. The molecule has 0 saturated carbocycles. The van der Waals surface area contributed by atoms with Crippen molar-refractivity contribution in [2.75, 3.05) is 5.73 Å². The fraction of sp³-hybridized carbons (Fsp3) is 0.385. The van der Waals surface area contributed by atoms with Gasteiger partial charge in [-0.25, -0.2) is 0 Å². The van der Waals surface area contributed by atoms with E-state index in [1.165, 1.54) is 4.80 Å². The number of nitrogens with one attached hydrogen (secondary N) is 1. The van der Waals surface area contributed by atoms with Crippen molar-refractivity contribution in [3.8, 4) is 11.4 Å². The molecule has 7 heteroatoms. The zero-order valence-electron chi connectivity index (χ0n) is 11.8. The number of carbonyl (C=O) groups is 1. The highest BCUT2D eigenvalue weighted by Crippen LogP contribution is 2.20. The number of rotatable bonds is 3. The third-order valence-electron chi connectivity index (χ3n) is 2.45. The average molecular weight is 274 g/mol. The molecule has 0 aliphatic rings. The maximum Gasteiger partial charge on any atom is 0.244 e. The number of tetrazole rings is 1. The van der Waals surface area contributed by atoms with Gasteiger partial charge in [0, 0.05) is 16.8 Å². The monoisotopic (exact) mass is 274 g/mol. The first-order valence-electron chi connectivity index (χ1n) is 6.29. The average Bonchev–Trinajstić information content (AvgIpc) is 2.75. The number of aromatic nitrogens is 4. The van der Waals surface area contributed by atoms with Gasteiger partial charge in [-0.05, 0) is 38.1 Å². The molecule has 1 heterocycles. The van der Waals surface area contributed by atoms with Crippen LogP contribution in [0.1, 0.15) is 20.8 Å². The van der Waals surface area contributed by atoms with E-state index < -0.39 is 0 Å². The van der Waals surface area contributed by atoms with Crippen molar-refractivity contribution in [1.29, 1.82) is 0 Å². The molecule has 7 nitrogen and oxygen atoms in total. The molecule has 2 aromatic rings. The maximum atomic E-state index is 11.8. The van der Waals surface area contributed by atoms with Gasteiger partial charge in [0.1, 0.15) is 6.54 Å². The van der Waals surface area contributed by atoms with Gasteiger partial charge >= 0.3 is 0 Å². The summed E-state index contributed by atoms with van der Waals surface area (Å²) in [7, 11) is 0. The Morgan fingerprint density at radius 1 is 1.35 bits per heavy atom. The molecule has 0 unspecified atom stereocenters. The van der Waals surface area contributed by atoms with Crippen LogP contribution in [-0.4, -0.2) is 31.7 Å². The molecule has 0 radical (unpaired) electrons. The summed E-state index contributed by atoms with van der Waals surface area (Å²) in [4.78, 5) is 13.0. The summed E-state index contributed by atoms with van der Waals surface area (Å²) in [5.74, 6) is 0.245. The number of nitrogens with zero attached hydrogens (tertiary/aromatic N) is 4. The lowest BCUT2D eigenvalue weighted by molar-refractivity contribution is -0.123. The number of nitrogen functional groups attached to an aromatic ring is 1. The minimum atomic E-state index is -0.287. The molecule has 1 aromatic carbocycles. The van der Waals surface area contributed by atoms with Crippen LogP contribution in [0.3, 0.4) is 0 Å². The maximum absolute atomic E-state index is 11.8. The molecule has 0 saturated heterocycles. The lowest BCUT2D eigenvalue weighted by Crippen LogP contribution is -2.42. The van der Waals surface area contributed by atoms with Crippen LogP contribution in [0.5, 0.6) is 0 Å². The highest BCUT2D eigenvalue weighted by atomic mass is 16.2. The minimum Gasteiger partial charge on any atom is -0.398 e. The fourth-order valence-corrected chi connectivity index (χ4v) is 1.70. The van der Waals surface area contributed by atoms with Crippen LogP contribution in [0, 0.1) is 0 Å². The SMILES string of the molecule is CC(C)(C)NC(=O)Cn1nnc(-c2ccccc2N)n1. The smallest absolute Gasteiger partial charge is 0.244 e. The van der Waals surface area contributed by atoms with Crippen LogP contribution in [0.25, 0.3) is 11.4 Å². The Kier molecular flexibility index (Phi) is 3.69. The lowest BCUT2D eigenvalue weighted by Gasteiger charge is -2.19. The van der Waals surface area contributed by atoms with Gasteiger partial charge in [0.25, 0.3) is 0 Å². The van der Waals surface area contributed by atoms with E-state index in [9.17, 15) is 4.79 Å². The Balaban J connectivity index is 2.10. The van der Waals surface area contributed by atoms with Gasteiger partial charge in [-0.15, -0.1) is 10.2 Å². The summed E-state index contributed by atoms with van der Waals surface area (Å²) in [5, 5.41) is 14.8. The fourth-order valence-electron chi connectivity index (χ4n) is 1.70. The van der Waals surface area contributed by atoms with Crippen LogP contribution in [0.15, 0.2) is 24.3 Å². The van der Waals surface area contributed by atoms with E-state index in [-0.39, 0.29) is 18.0 Å². The number of benzene rings is 1. The molecule has 0 spiro atoms. The van der Waals surface area contributed by atoms with Crippen molar-refractivity contribution < 1.29 is 4.79 Å². The number of para-hydroxylation sites is 1. The number of amides is 1. The molecule has 3 N–H and O–H groups in total. The van der Waals surface area contributed by atoms with E-state index in [1.54, 1.807) is 6.07 Å². The van der Waals surface area contributed by atoms with Crippen LogP contribution in [0.4, 0.5) is 5.69 Å². The van der Waals surface area contributed by atoms with Gasteiger partial charge < -0.3 is 11.1 Å². The Morgan fingerprint density at radius 2 is 2.05 bits per heavy atom. The number of hydrogen-bond acceptors (Lipinski definition) is 5.